The van der Waals surface area contributed by atoms with Crippen LogP contribution in [0.3, 0.4) is 0 Å². The summed E-state index contributed by atoms with van der Waals surface area (Å²) in [5.41, 5.74) is 0.345. The summed E-state index contributed by atoms with van der Waals surface area (Å²) in [6.07, 6.45) is 11.2. The van der Waals surface area contributed by atoms with Crippen LogP contribution in [0.4, 0.5) is 0 Å². The number of aliphatic carboxylic acids is 1. The number of carbonyl (C=O) groups is 1. The quantitative estimate of drug-likeness (QED) is 0.648. The van der Waals surface area contributed by atoms with Crippen LogP contribution in [-0.2, 0) is 4.79 Å². The van der Waals surface area contributed by atoms with Crippen LogP contribution in [-0.4, -0.2) is 11.1 Å². The smallest absolute Gasteiger partial charge is 0.307 e. The molecule has 0 bridgehead atoms. The topological polar surface area (TPSA) is 37.3 Å². The minimum Gasteiger partial charge on any atom is -0.481 e. The molecular formula is C12H16O2. The summed E-state index contributed by atoms with van der Waals surface area (Å²) in [5, 5.41) is 9.28. The lowest BCUT2D eigenvalue weighted by Gasteiger charge is -2.31. The minimum atomic E-state index is -0.546. The van der Waals surface area contributed by atoms with E-state index >= 15 is 0 Å². The van der Waals surface area contributed by atoms with Crippen molar-refractivity contribution in [3.8, 4) is 0 Å². The van der Waals surface area contributed by atoms with E-state index in [2.05, 4.69) is 12.2 Å². The number of carboxylic acids is 1. The summed E-state index contributed by atoms with van der Waals surface area (Å²) >= 11 is 0. The van der Waals surface area contributed by atoms with Crippen molar-refractivity contribution in [3.05, 3.63) is 12.2 Å². The third kappa shape index (κ3) is 0.723. The Labute approximate surface area is 84.0 Å². The molecule has 3 rings (SSSR count). The lowest BCUT2D eigenvalue weighted by Crippen LogP contribution is -2.20. The van der Waals surface area contributed by atoms with Crippen molar-refractivity contribution in [2.75, 3.05) is 0 Å². The van der Waals surface area contributed by atoms with Crippen LogP contribution in [0.25, 0.3) is 0 Å². The maximum Gasteiger partial charge on any atom is 0.307 e. The van der Waals surface area contributed by atoms with Crippen molar-refractivity contribution in [3.63, 3.8) is 0 Å². The molecule has 0 aromatic carbocycles. The van der Waals surface area contributed by atoms with Crippen molar-refractivity contribution in [1.82, 2.24) is 0 Å². The summed E-state index contributed by atoms with van der Waals surface area (Å²) in [7, 11) is 0. The molecule has 0 heterocycles. The maximum absolute atomic E-state index is 11.3. The Morgan fingerprint density at radius 3 is 2.07 bits per heavy atom. The van der Waals surface area contributed by atoms with Crippen LogP contribution in [0.2, 0.25) is 0 Å². The molecule has 0 amide bonds. The Morgan fingerprint density at radius 2 is 1.64 bits per heavy atom. The van der Waals surface area contributed by atoms with Gasteiger partial charge in [-0.2, -0.15) is 0 Å². The SMILES string of the molecule is O=C(O)C1C23CC=CCC12CCCC3. The zero-order chi connectivity index (χ0) is 9.81. The van der Waals surface area contributed by atoms with E-state index in [1.165, 1.54) is 12.8 Å². The van der Waals surface area contributed by atoms with Gasteiger partial charge >= 0.3 is 5.97 Å². The molecule has 0 aliphatic heterocycles. The van der Waals surface area contributed by atoms with Gasteiger partial charge in [0.1, 0.15) is 0 Å². The van der Waals surface area contributed by atoms with Gasteiger partial charge in [-0.05, 0) is 36.5 Å². The molecule has 0 spiro atoms. The fourth-order valence-electron chi connectivity index (χ4n) is 4.31. The molecule has 2 atom stereocenters. The van der Waals surface area contributed by atoms with Crippen LogP contribution in [0.15, 0.2) is 12.2 Å². The number of hydrogen-bond donors (Lipinski definition) is 1. The van der Waals surface area contributed by atoms with Gasteiger partial charge in [0.2, 0.25) is 0 Å². The van der Waals surface area contributed by atoms with Gasteiger partial charge in [-0.25, -0.2) is 0 Å². The lowest BCUT2D eigenvalue weighted by atomic mass is 9.73. The number of rotatable bonds is 1. The monoisotopic (exact) mass is 192 g/mol. The third-order valence-corrected chi connectivity index (χ3v) is 4.89. The van der Waals surface area contributed by atoms with Gasteiger partial charge in [0.25, 0.3) is 0 Å². The van der Waals surface area contributed by atoms with Crippen LogP contribution in [0.5, 0.6) is 0 Å². The van der Waals surface area contributed by atoms with E-state index in [9.17, 15) is 9.90 Å². The van der Waals surface area contributed by atoms with Crippen molar-refractivity contribution in [1.29, 1.82) is 0 Å². The highest BCUT2D eigenvalue weighted by Gasteiger charge is 2.78. The lowest BCUT2D eigenvalue weighted by molar-refractivity contribution is -0.140. The molecule has 3 aliphatic carbocycles. The van der Waals surface area contributed by atoms with E-state index in [0.29, 0.717) is 0 Å². The summed E-state index contributed by atoms with van der Waals surface area (Å²) in [6, 6.07) is 0. The summed E-state index contributed by atoms with van der Waals surface area (Å²) in [6.45, 7) is 0. The first-order valence-electron chi connectivity index (χ1n) is 5.61. The Morgan fingerprint density at radius 1 is 1.14 bits per heavy atom. The molecule has 2 unspecified atom stereocenters. The highest BCUT2D eigenvalue weighted by Crippen LogP contribution is 2.80. The van der Waals surface area contributed by atoms with E-state index < -0.39 is 5.97 Å². The predicted octanol–water partition coefficient (Wildman–Crippen LogP) is 2.60. The number of allylic oxidation sites excluding steroid dienone is 2. The van der Waals surface area contributed by atoms with Crippen LogP contribution >= 0.6 is 0 Å². The van der Waals surface area contributed by atoms with Gasteiger partial charge < -0.3 is 5.11 Å². The van der Waals surface area contributed by atoms with Gasteiger partial charge in [-0.3, -0.25) is 4.79 Å². The largest absolute Gasteiger partial charge is 0.481 e. The van der Waals surface area contributed by atoms with Gasteiger partial charge in [-0.15, -0.1) is 0 Å². The Kier molecular flexibility index (Phi) is 1.47. The van der Waals surface area contributed by atoms with Crippen LogP contribution in [0.1, 0.15) is 38.5 Å². The van der Waals surface area contributed by atoms with Gasteiger partial charge in [-0.1, -0.05) is 25.0 Å². The predicted molar refractivity (Wildman–Crippen MR) is 52.8 cm³/mol. The minimum absolute atomic E-state index is 0.0347. The molecule has 0 radical (unpaired) electrons. The standard InChI is InChI=1S/C12H16O2/c13-10(14)9-11-5-1-2-6-12(9,11)8-4-3-7-11/h1-2,9H,3-8H2,(H,13,14). The fraction of sp³-hybridized carbons (Fsp3) is 0.750. The van der Waals surface area contributed by atoms with E-state index in [1.54, 1.807) is 0 Å². The molecule has 1 N–H and O–H groups in total. The Bertz CT molecular complexity index is 296. The molecular weight excluding hydrogens is 176 g/mol. The van der Waals surface area contributed by atoms with E-state index in [0.717, 1.165) is 25.7 Å². The fourth-order valence-corrected chi connectivity index (χ4v) is 4.31. The highest BCUT2D eigenvalue weighted by atomic mass is 16.4. The molecule has 2 heteroatoms. The summed E-state index contributed by atoms with van der Waals surface area (Å²) < 4.78 is 0. The summed E-state index contributed by atoms with van der Waals surface area (Å²) in [5.74, 6) is -0.580. The van der Waals surface area contributed by atoms with Gasteiger partial charge in [0.05, 0.1) is 5.92 Å². The molecule has 3 aliphatic rings. The second kappa shape index (κ2) is 2.41. The van der Waals surface area contributed by atoms with Gasteiger partial charge in [0, 0.05) is 0 Å². The van der Waals surface area contributed by atoms with E-state index in [4.69, 9.17) is 0 Å². The van der Waals surface area contributed by atoms with Crippen molar-refractivity contribution < 1.29 is 9.90 Å². The Hall–Kier alpha value is -0.790. The molecule has 0 saturated heterocycles. The molecule has 0 aromatic rings. The first-order chi connectivity index (χ1) is 6.73. The normalized spacial score (nSPS) is 49.3. The Balaban J connectivity index is 2.01. The molecule has 2 nitrogen and oxygen atoms in total. The maximum atomic E-state index is 11.3. The second-order valence-electron chi connectivity index (χ2n) is 5.17. The first kappa shape index (κ1) is 8.51. The summed E-state index contributed by atoms with van der Waals surface area (Å²) in [4.78, 5) is 11.3. The second-order valence-corrected chi connectivity index (χ2v) is 5.17. The molecule has 2 saturated carbocycles. The average Bonchev–Trinajstić information content (AvgIpc) is 2.81. The van der Waals surface area contributed by atoms with Gasteiger partial charge in [0.15, 0.2) is 0 Å². The van der Waals surface area contributed by atoms with Crippen molar-refractivity contribution in [2.24, 2.45) is 16.7 Å². The average molecular weight is 192 g/mol. The van der Waals surface area contributed by atoms with Crippen molar-refractivity contribution in [2.45, 2.75) is 38.5 Å². The molecule has 0 aromatic heterocycles. The number of hydrogen-bond acceptors (Lipinski definition) is 1. The molecule has 76 valence electrons. The zero-order valence-corrected chi connectivity index (χ0v) is 8.33. The highest BCUT2D eigenvalue weighted by molar-refractivity contribution is 5.78. The van der Waals surface area contributed by atoms with Crippen molar-refractivity contribution >= 4 is 5.97 Å². The molecule has 14 heavy (non-hydrogen) atoms. The third-order valence-electron chi connectivity index (χ3n) is 4.89. The van der Waals surface area contributed by atoms with E-state index in [1.807, 2.05) is 0 Å². The molecule has 2 fully saturated rings. The van der Waals surface area contributed by atoms with E-state index in [-0.39, 0.29) is 16.7 Å². The zero-order valence-electron chi connectivity index (χ0n) is 8.33. The van der Waals surface area contributed by atoms with Crippen LogP contribution < -0.4 is 0 Å². The first-order valence-corrected chi connectivity index (χ1v) is 5.61. The van der Waals surface area contributed by atoms with Crippen LogP contribution in [0, 0.1) is 16.7 Å². The number of carboxylic acid groups (broad SMARTS) is 1.